The lowest BCUT2D eigenvalue weighted by atomic mass is 10.0. The molecular formula is C24H33N7O8. The van der Waals surface area contributed by atoms with Crippen LogP contribution >= 0.6 is 0 Å². The maximum absolute atomic E-state index is 13.2. The Morgan fingerprint density at radius 1 is 0.974 bits per heavy atom. The number of nitrogens with zero attached hydrogens (tertiary/aromatic N) is 1. The van der Waals surface area contributed by atoms with Gasteiger partial charge in [0, 0.05) is 24.7 Å². The minimum absolute atomic E-state index is 0.0387. The van der Waals surface area contributed by atoms with Gasteiger partial charge in [0.2, 0.25) is 23.6 Å². The van der Waals surface area contributed by atoms with Gasteiger partial charge in [-0.25, -0.2) is 9.78 Å². The van der Waals surface area contributed by atoms with Crippen molar-refractivity contribution in [3.63, 3.8) is 0 Å². The Bertz CT molecular complexity index is 1140. The molecule has 15 nitrogen and oxygen atoms in total. The second-order valence-corrected chi connectivity index (χ2v) is 8.95. The van der Waals surface area contributed by atoms with Crippen LogP contribution in [-0.2, 0) is 36.8 Å². The molecule has 0 aliphatic carbocycles. The van der Waals surface area contributed by atoms with Crippen molar-refractivity contribution in [1.82, 2.24) is 25.9 Å². The number of phenolic OH excluding ortho intramolecular Hbond substituents is 1. The van der Waals surface area contributed by atoms with E-state index in [9.17, 15) is 39.3 Å². The number of aromatic nitrogens is 2. The molecule has 0 aliphatic rings. The Morgan fingerprint density at radius 3 is 2.13 bits per heavy atom. The van der Waals surface area contributed by atoms with Crippen molar-refractivity contribution < 1.29 is 39.3 Å². The summed E-state index contributed by atoms with van der Waals surface area (Å²) in [6, 6.07) is 0.608. The molecule has 1 heterocycles. The predicted octanol–water partition coefficient (Wildman–Crippen LogP) is -2.59. The summed E-state index contributed by atoms with van der Waals surface area (Å²) in [5.41, 5.74) is 12.3. The number of carbonyl (C=O) groups excluding carboxylic acids is 4. The zero-order chi connectivity index (χ0) is 29.1. The summed E-state index contributed by atoms with van der Waals surface area (Å²) in [5.74, 6) is -4.68. The monoisotopic (exact) mass is 547 g/mol. The van der Waals surface area contributed by atoms with E-state index in [-0.39, 0.29) is 31.4 Å². The molecule has 212 valence electrons. The number of phenols is 1. The van der Waals surface area contributed by atoms with E-state index in [1.165, 1.54) is 31.6 Å². The average Bonchev–Trinajstić information content (AvgIpc) is 3.38. The first-order valence-corrected chi connectivity index (χ1v) is 12.0. The van der Waals surface area contributed by atoms with Gasteiger partial charge in [0.1, 0.15) is 17.8 Å². The van der Waals surface area contributed by atoms with Gasteiger partial charge >= 0.3 is 5.97 Å². The quantitative estimate of drug-likeness (QED) is 0.112. The van der Waals surface area contributed by atoms with Crippen LogP contribution in [0.2, 0.25) is 0 Å². The molecule has 5 atom stereocenters. The summed E-state index contributed by atoms with van der Waals surface area (Å²) in [7, 11) is 0. The number of rotatable bonds is 15. The van der Waals surface area contributed by atoms with Crippen molar-refractivity contribution in [3.05, 3.63) is 48.0 Å². The van der Waals surface area contributed by atoms with Crippen LogP contribution in [0.4, 0.5) is 0 Å². The summed E-state index contributed by atoms with van der Waals surface area (Å²) < 4.78 is 0. The number of primary amides is 1. The third kappa shape index (κ3) is 10.1. The van der Waals surface area contributed by atoms with Crippen molar-refractivity contribution in [3.8, 4) is 5.75 Å². The number of aromatic hydroxyl groups is 1. The fraction of sp³-hybridized carbons (Fsp3) is 0.417. The Balaban J connectivity index is 2.19. The third-order valence-electron chi connectivity index (χ3n) is 5.70. The van der Waals surface area contributed by atoms with E-state index in [1.54, 1.807) is 12.1 Å². The van der Waals surface area contributed by atoms with E-state index in [0.29, 0.717) is 11.3 Å². The second kappa shape index (κ2) is 14.4. The van der Waals surface area contributed by atoms with Crippen LogP contribution in [0.25, 0.3) is 0 Å². The molecule has 11 N–H and O–H groups in total. The molecule has 0 aliphatic heterocycles. The number of nitrogens with one attached hydrogen (secondary N) is 4. The molecule has 5 unspecified atom stereocenters. The summed E-state index contributed by atoms with van der Waals surface area (Å²) in [6.07, 6.45) is 0.761. The lowest BCUT2D eigenvalue weighted by Gasteiger charge is -2.25. The lowest BCUT2D eigenvalue weighted by molar-refractivity contribution is -0.145. The van der Waals surface area contributed by atoms with Crippen LogP contribution in [0.3, 0.4) is 0 Å². The van der Waals surface area contributed by atoms with Crippen molar-refractivity contribution in [1.29, 1.82) is 0 Å². The molecule has 0 spiro atoms. The number of carboxylic acids is 1. The van der Waals surface area contributed by atoms with E-state index < -0.39 is 59.9 Å². The fourth-order valence-corrected chi connectivity index (χ4v) is 3.55. The Labute approximate surface area is 223 Å². The predicted molar refractivity (Wildman–Crippen MR) is 136 cm³/mol. The number of benzene rings is 1. The van der Waals surface area contributed by atoms with Gasteiger partial charge in [-0.2, -0.15) is 0 Å². The number of aliphatic carboxylic acids is 1. The van der Waals surface area contributed by atoms with Gasteiger partial charge in [0.15, 0.2) is 6.04 Å². The standard InChI is InChI=1S/C24H33N7O8/c1-12(32)20(24(38)39)31-23(37)18(9-14-10-27-11-28-14)30-22(36)17(6-7-19(26)34)29-21(35)16(25)8-13-2-4-15(33)5-3-13/h2-5,10-12,16-18,20,32-33H,6-9,25H2,1H3,(H2,26,34)(H,27,28)(H,29,35)(H,30,36)(H,31,37)(H,38,39). The van der Waals surface area contributed by atoms with Crippen LogP contribution in [0.5, 0.6) is 5.75 Å². The SMILES string of the molecule is CC(O)C(NC(=O)C(Cc1cnc[nH]1)NC(=O)C(CCC(N)=O)NC(=O)C(N)Cc1ccc(O)cc1)C(=O)O. The van der Waals surface area contributed by atoms with Crippen molar-refractivity contribution in [2.75, 3.05) is 0 Å². The molecule has 39 heavy (non-hydrogen) atoms. The number of H-pyrrole nitrogens is 1. The van der Waals surface area contributed by atoms with Gasteiger partial charge in [-0.3, -0.25) is 19.2 Å². The highest BCUT2D eigenvalue weighted by atomic mass is 16.4. The second-order valence-electron chi connectivity index (χ2n) is 8.95. The van der Waals surface area contributed by atoms with Gasteiger partial charge in [-0.15, -0.1) is 0 Å². The zero-order valence-corrected chi connectivity index (χ0v) is 21.2. The topological polar surface area (TPSA) is 263 Å². The average molecular weight is 548 g/mol. The molecule has 2 aromatic rings. The Hall–Kier alpha value is -4.50. The van der Waals surface area contributed by atoms with Crippen molar-refractivity contribution in [2.45, 2.75) is 62.9 Å². The zero-order valence-electron chi connectivity index (χ0n) is 21.2. The highest BCUT2D eigenvalue weighted by Gasteiger charge is 2.32. The normalized spacial score (nSPS) is 14.7. The number of nitrogens with two attached hydrogens (primary N) is 2. The van der Waals surface area contributed by atoms with E-state index in [2.05, 4.69) is 25.9 Å². The van der Waals surface area contributed by atoms with Gasteiger partial charge in [0.25, 0.3) is 0 Å². The third-order valence-corrected chi connectivity index (χ3v) is 5.70. The fourth-order valence-electron chi connectivity index (χ4n) is 3.55. The Kier molecular flexibility index (Phi) is 11.4. The summed E-state index contributed by atoms with van der Waals surface area (Å²) in [4.78, 5) is 68.3. The number of carbonyl (C=O) groups is 5. The van der Waals surface area contributed by atoms with E-state index in [1.807, 2.05) is 0 Å². The maximum atomic E-state index is 13.2. The minimum Gasteiger partial charge on any atom is -0.508 e. The Morgan fingerprint density at radius 2 is 1.59 bits per heavy atom. The van der Waals surface area contributed by atoms with Gasteiger partial charge in [0.05, 0.1) is 18.5 Å². The van der Waals surface area contributed by atoms with E-state index in [0.717, 1.165) is 0 Å². The van der Waals surface area contributed by atoms with Crippen LogP contribution in [-0.4, -0.2) is 85.2 Å². The molecular weight excluding hydrogens is 514 g/mol. The summed E-state index contributed by atoms with van der Waals surface area (Å²) >= 11 is 0. The molecule has 0 saturated heterocycles. The maximum Gasteiger partial charge on any atom is 0.328 e. The van der Waals surface area contributed by atoms with Crippen molar-refractivity contribution >= 4 is 29.6 Å². The molecule has 4 amide bonds. The number of imidazole rings is 1. The molecule has 0 bridgehead atoms. The first-order valence-electron chi connectivity index (χ1n) is 12.0. The van der Waals surface area contributed by atoms with Gasteiger partial charge in [-0.05, 0) is 37.5 Å². The molecule has 0 radical (unpaired) electrons. The number of carboxylic acid groups (broad SMARTS) is 1. The molecule has 0 saturated carbocycles. The molecule has 0 fully saturated rings. The molecule has 2 rings (SSSR count). The molecule has 1 aromatic carbocycles. The number of hydrogen-bond acceptors (Lipinski definition) is 9. The molecule has 1 aromatic heterocycles. The number of aliphatic hydroxyl groups excluding tert-OH is 1. The van der Waals surface area contributed by atoms with E-state index in [4.69, 9.17) is 11.5 Å². The summed E-state index contributed by atoms with van der Waals surface area (Å²) in [5, 5.41) is 35.5. The lowest BCUT2D eigenvalue weighted by Crippen LogP contribution is -2.59. The first-order chi connectivity index (χ1) is 18.4. The minimum atomic E-state index is -1.65. The van der Waals surface area contributed by atoms with Gasteiger partial charge < -0.3 is 47.7 Å². The highest BCUT2D eigenvalue weighted by molar-refractivity contribution is 5.94. The number of aromatic amines is 1. The largest absolute Gasteiger partial charge is 0.508 e. The van der Waals surface area contributed by atoms with E-state index >= 15 is 0 Å². The number of hydrogen-bond donors (Lipinski definition) is 9. The molecule has 15 heteroatoms. The highest BCUT2D eigenvalue weighted by Crippen LogP contribution is 2.11. The van der Waals surface area contributed by atoms with Gasteiger partial charge in [-0.1, -0.05) is 12.1 Å². The smallest absolute Gasteiger partial charge is 0.328 e. The number of amides is 4. The van der Waals surface area contributed by atoms with Crippen LogP contribution in [0.15, 0.2) is 36.8 Å². The summed E-state index contributed by atoms with van der Waals surface area (Å²) in [6.45, 7) is 1.18. The van der Waals surface area contributed by atoms with Crippen molar-refractivity contribution in [2.24, 2.45) is 11.5 Å². The van der Waals surface area contributed by atoms with Crippen LogP contribution < -0.4 is 27.4 Å². The number of aliphatic hydroxyl groups is 1. The first kappa shape index (κ1) is 30.7. The van der Waals surface area contributed by atoms with Crippen LogP contribution in [0, 0.1) is 0 Å². The van der Waals surface area contributed by atoms with Crippen LogP contribution in [0.1, 0.15) is 31.0 Å².